The van der Waals surface area contributed by atoms with Crippen LogP contribution in [0.1, 0.15) is 60.9 Å². The molecule has 1 amide bonds. The molecule has 9 nitrogen and oxygen atoms in total. The Hall–Kier alpha value is -4.12. The second-order valence-corrected chi connectivity index (χ2v) is 13.7. The van der Waals surface area contributed by atoms with Crippen LogP contribution in [0.5, 0.6) is 17.2 Å². The minimum Gasteiger partial charge on any atom is -0.493 e. The molecule has 0 spiro atoms. The fraction of sp³-hybridized carbons (Fsp3) is 0.361. The number of ether oxygens (including phenoxy) is 3. The van der Waals surface area contributed by atoms with E-state index in [-0.39, 0.29) is 23.3 Å². The molecule has 46 heavy (non-hydrogen) atoms. The Labute approximate surface area is 270 Å². The fourth-order valence-corrected chi connectivity index (χ4v) is 7.64. The third kappa shape index (κ3) is 7.30. The number of hydrogen-bond acceptors (Lipinski definition) is 7. The largest absolute Gasteiger partial charge is 0.493 e. The maximum absolute atomic E-state index is 13.7. The monoisotopic (exact) mass is 643 g/mol. The van der Waals surface area contributed by atoms with E-state index in [1.165, 1.54) is 39.0 Å². The van der Waals surface area contributed by atoms with Crippen LogP contribution in [-0.4, -0.2) is 53.1 Å². The molecule has 0 saturated carbocycles. The van der Waals surface area contributed by atoms with Crippen molar-refractivity contribution in [3.05, 3.63) is 95.6 Å². The van der Waals surface area contributed by atoms with Gasteiger partial charge in [-0.3, -0.25) is 9.69 Å². The summed E-state index contributed by atoms with van der Waals surface area (Å²) in [5.41, 5.74) is 2.71. The first-order chi connectivity index (χ1) is 22.3. The van der Waals surface area contributed by atoms with Crippen molar-refractivity contribution in [1.29, 1.82) is 0 Å². The van der Waals surface area contributed by atoms with Crippen LogP contribution in [-0.2, 0) is 21.4 Å². The third-order valence-corrected chi connectivity index (χ3v) is 10.3. The number of rotatable bonds is 11. The number of fused-ring (bicyclic) bond motifs is 2. The van der Waals surface area contributed by atoms with Gasteiger partial charge in [0.2, 0.25) is 15.9 Å². The first-order valence-corrected chi connectivity index (χ1v) is 17.3. The van der Waals surface area contributed by atoms with Crippen molar-refractivity contribution < 1.29 is 27.4 Å². The number of sulfonamides is 1. The van der Waals surface area contributed by atoms with Crippen molar-refractivity contribution in [2.24, 2.45) is 0 Å². The van der Waals surface area contributed by atoms with Crippen molar-refractivity contribution in [3.8, 4) is 17.2 Å². The Kier molecular flexibility index (Phi) is 9.77. The van der Waals surface area contributed by atoms with Gasteiger partial charge >= 0.3 is 0 Å². The second-order valence-electron chi connectivity index (χ2n) is 12.0. The summed E-state index contributed by atoms with van der Waals surface area (Å²) in [7, 11) is -0.953. The van der Waals surface area contributed by atoms with Gasteiger partial charge in [-0.15, -0.1) is 0 Å². The molecule has 2 atom stereocenters. The molecule has 2 heterocycles. The molecule has 2 unspecified atom stereocenters. The zero-order chi connectivity index (χ0) is 32.1. The molecule has 6 rings (SSSR count). The van der Waals surface area contributed by atoms with Crippen LogP contribution < -0.4 is 24.2 Å². The van der Waals surface area contributed by atoms with Gasteiger partial charge in [0.05, 0.1) is 37.8 Å². The SMILES string of the molecule is COc1ccc(C(CC(=O)NC2CCOc3cc(CN4CCCCC4)ccc32)NS(=O)(=O)c2ccc3ccccc3c2)cc1OC. The Balaban J connectivity index is 1.22. The zero-order valence-electron chi connectivity index (χ0n) is 26.3. The number of nitrogens with zero attached hydrogens (tertiary/aromatic N) is 1. The number of carbonyl (C=O) groups excluding carboxylic acids is 1. The lowest BCUT2D eigenvalue weighted by Crippen LogP contribution is -2.36. The first-order valence-electron chi connectivity index (χ1n) is 15.8. The highest BCUT2D eigenvalue weighted by atomic mass is 32.2. The van der Waals surface area contributed by atoms with Crippen LogP contribution in [0.3, 0.4) is 0 Å². The van der Waals surface area contributed by atoms with Gasteiger partial charge in [0.15, 0.2) is 11.5 Å². The van der Waals surface area contributed by atoms with Crippen LogP contribution in [0.4, 0.5) is 0 Å². The van der Waals surface area contributed by atoms with E-state index in [0.29, 0.717) is 30.1 Å². The Bertz CT molecular complexity index is 1810. The van der Waals surface area contributed by atoms with E-state index in [2.05, 4.69) is 27.1 Å². The number of piperidine rings is 1. The van der Waals surface area contributed by atoms with Gasteiger partial charge in [-0.05, 0) is 78.2 Å². The van der Waals surface area contributed by atoms with Gasteiger partial charge in [-0.25, -0.2) is 13.1 Å². The number of carbonyl (C=O) groups is 1. The lowest BCUT2D eigenvalue weighted by atomic mass is 9.97. The molecule has 2 N–H and O–H groups in total. The molecular formula is C36H41N3O6S. The van der Waals surface area contributed by atoms with Crippen LogP contribution in [0.15, 0.2) is 83.8 Å². The predicted octanol–water partition coefficient (Wildman–Crippen LogP) is 5.89. The molecule has 0 bridgehead atoms. The van der Waals surface area contributed by atoms with Crippen molar-refractivity contribution in [2.75, 3.05) is 33.9 Å². The molecule has 0 radical (unpaired) electrons. The average molecular weight is 644 g/mol. The summed E-state index contributed by atoms with van der Waals surface area (Å²) >= 11 is 0. The quantitative estimate of drug-likeness (QED) is 0.210. The summed E-state index contributed by atoms with van der Waals surface area (Å²) in [6.07, 6.45) is 4.26. The Morgan fingerprint density at radius 3 is 2.48 bits per heavy atom. The third-order valence-electron chi connectivity index (χ3n) is 8.84. The average Bonchev–Trinajstić information content (AvgIpc) is 3.07. The maximum atomic E-state index is 13.7. The van der Waals surface area contributed by atoms with E-state index >= 15 is 0 Å². The summed E-state index contributed by atoms with van der Waals surface area (Å²) in [5, 5.41) is 4.90. The smallest absolute Gasteiger partial charge is 0.241 e. The van der Waals surface area contributed by atoms with Gasteiger partial charge in [0, 0.05) is 24.9 Å². The van der Waals surface area contributed by atoms with Gasteiger partial charge < -0.3 is 19.5 Å². The van der Waals surface area contributed by atoms with Crippen molar-refractivity contribution in [3.63, 3.8) is 0 Å². The summed E-state index contributed by atoms with van der Waals surface area (Å²) in [6.45, 7) is 3.60. The number of methoxy groups -OCH3 is 2. The van der Waals surface area contributed by atoms with Gasteiger partial charge in [-0.1, -0.05) is 55.0 Å². The summed E-state index contributed by atoms with van der Waals surface area (Å²) in [5.74, 6) is 1.45. The second kappa shape index (κ2) is 14.1. The molecule has 0 aliphatic carbocycles. The standard InChI is InChI=1S/C36H41N3O6S/c1-43-33-15-12-28(22-35(33)44-2)32(38-46(41,42)29-13-11-26-8-4-5-9-27(26)21-29)23-36(40)37-31-16-19-45-34-20-25(10-14-30(31)34)24-39-17-6-3-7-18-39/h4-5,8-15,20-22,31-32,38H,3,6-7,16-19,23-24H2,1-2H3,(H,37,40). The number of hydrogen-bond donors (Lipinski definition) is 2. The molecule has 4 aromatic carbocycles. The topological polar surface area (TPSA) is 106 Å². The van der Waals surface area contributed by atoms with E-state index < -0.39 is 16.1 Å². The molecule has 1 saturated heterocycles. The minimum atomic E-state index is -4.00. The number of nitrogens with one attached hydrogen (secondary N) is 2. The van der Waals surface area contributed by atoms with Crippen LogP contribution >= 0.6 is 0 Å². The van der Waals surface area contributed by atoms with Crippen molar-refractivity contribution in [2.45, 2.75) is 55.6 Å². The predicted molar refractivity (Wildman–Crippen MR) is 178 cm³/mol. The molecule has 10 heteroatoms. The normalized spacial score (nSPS) is 17.5. The highest BCUT2D eigenvalue weighted by molar-refractivity contribution is 7.89. The van der Waals surface area contributed by atoms with E-state index in [9.17, 15) is 13.2 Å². The fourth-order valence-electron chi connectivity index (χ4n) is 6.38. The summed E-state index contributed by atoms with van der Waals surface area (Å²) in [4.78, 5) is 16.3. The zero-order valence-corrected chi connectivity index (χ0v) is 27.1. The van der Waals surface area contributed by atoms with E-state index in [1.54, 1.807) is 36.4 Å². The number of amides is 1. The molecule has 2 aliphatic heterocycles. The summed E-state index contributed by atoms with van der Waals surface area (Å²) < 4.78 is 47.2. The Morgan fingerprint density at radius 1 is 0.913 bits per heavy atom. The highest BCUT2D eigenvalue weighted by Crippen LogP contribution is 2.35. The van der Waals surface area contributed by atoms with Gasteiger partial charge in [0.1, 0.15) is 5.75 Å². The highest BCUT2D eigenvalue weighted by Gasteiger charge is 2.28. The van der Waals surface area contributed by atoms with E-state index in [4.69, 9.17) is 14.2 Å². The number of likely N-dealkylation sites (tertiary alicyclic amines) is 1. The Morgan fingerprint density at radius 2 is 1.70 bits per heavy atom. The van der Waals surface area contributed by atoms with Crippen LogP contribution in [0, 0.1) is 0 Å². The molecule has 242 valence electrons. The van der Waals surface area contributed by atoms with E-state index in [0.717, 1.165) is 41.7 Å². The maximum Gasteiger partial charge on any atom is 0.241 e. The van der Waals surface area contributed by atoms with E-state index in [1.807, 2.05) is 30.3 Å². The number of benzene rings is 4. The van der Waals surface area contributed by atoms with Crippen molar-refractivity contribution >= 4 is 26.7 Å². The lowest BCUT2D eigenvalue weighted by Gasteiger charge is -2.29. The first kappa shape index (κ1) is 31.8. The molecule has 0 aromatic heterocycles. The molecule has 4 aromatic rings. The van der Waals surface area contributed by atoms with Crippen molar-refractivity contribution in [1.82, 2.24) is 14.9 Å². The molecular weight excluding hydrogens is 602 g/mol. The lowest BCUT2D eigenvalue weighted by molar-refractivity contribution is -0.122. The molecule has 2 aliphatic rings. The summed E-state index contributed by atoms with van der Waals surface area (Å²) in [6, 6.07) is 22.9. The minimum absolute atomic E-state index is 0.121. The van der Waals surface area contributed by atoms with Gasteiger partial charge in [0.25, 0.3) is 0 Å². The van der Waals surface area contributed by atoms with Gasteiger partial charge in [-0.2, -0.15) is 0 Å². The molecule has 1 fully saturated rings. The van der Waals surface area contributed by atoms with Crippen LogP contribution in [0.25, 0.3) is 10.8 Å². The van der Waals surface area contributed by atoms with Crippen LogP contribution in [0.2, 0.25) is 0 Å².